The van der Waals surface area contributed by atoms with Crippen molar-refractivity contribution in [3.8, 4) is 0 Å². The number of hydrogen-bond acceptors (Lipinski definition) is 4. The van der Waals surface area contributed by atoms with E-state index in [1.807, 2.05) is 38.1 Å². The smallest absolute Gasteiger partial charge is 0.260 e. The van der Waals surface area contributed by atoms with Crippen LogP contribution in [-0.4, -0.2) is 30.1 Å². The Labute approximate surface area is 161 Å². The van der Waals surface area contributed by atoms with E-state index >= 15 is 0 Å². The van der Waals surface area contributed by atoms with Crippen LogP contribution in [0.5, 0.6) is 0 Å². The molecular weight excluding hydrogens is 363 g/mol. The summed E-state index contributed by atoms with van der Waals surface area (Å²) in [7, 11) is 0. The Bertz CT molecular complexity index is 995. The molecule has 3 aromatic rings. The Hall–Kier alpha value is -2.31. The molecule has 6 heteroatoms. The zero-order chi connectivity index (χ0) is 19.0. The molecule has 1 aliphatic rings. The maximum absolute atomic E-state index is 14.1. The predicted molar refractivity (Wildman–Crippen MR) is 106 cm³/mol. The summed E-state index contributed by atoms with van der Waals surface area (Å²) < 4.78 is 20.6. The second-order valence-corrected chi connectivity index (χ2v) is 7.96. The van der Waals surface area contributed by atoms with Crippen molar-refractivity contribution >= 4 is 32.6 Å². The topological polar surface area (TPSA) is 42.4 Å². The maximum atomic E-state index is 14.1. The number of carbonyl (C=O) groups excluding carboxylic acids is 1. The Morgan fingerprint density at radius 3 is 2.93 bits per heavy atom. The van der Waals surface area contributed by atoms with Gasteiger partial charge in [0.25, 0.3) is 5.91 Å². The van der Waals surface area contributed by atoms with Gasteiger partial charge in [-0.1, -0.05) is 35.1 Å². The molecule has 0 radical (unpaired) electrons. The molecule has 4 rings (SSSR count). The van der Waals surface area contributed by atoms with Gasteiger partial charge in [0.05, 0.1) is 17.3 Å². The van der Waals surface area contributed by atoms with Crippen LogP contribution in [0.4, 0.5) is 9.52 Å². The monoisotopic (exact) mass is 384 g/mol. The average molecular weight is 384 g/mol. The van der Waals surface area contributed by atoms with Crippen molar-refractivity contribution in [1.82, 2.24) is 4.98 Å². The third-order valence-corrected chi connectivity index (χ3v) is 5.91. The van der Waals surface area contributed by atoms with Gasteiger partial charge >= 0.3 is 0 Å². The fourth-order valence-electron chi connectivity index (χ4n) is 3.37. The first-order valence-corrected chi connectivity index (χ1v) is 9.90. The van der Waals surface area contributed by atoms with Gasteiger partial charge < -0.3 is 4.74 Å². The Balaban J connectivity index is 1.76. The van der Waals surface area contributed by atoms with Crippen LogP contribution in [-0.2, 0) is 4.74 Å². The number of amides is 1. The molecule has 1 fully saturated rings. The minimum absolute atomic E-state index is 0.0177. The summed E-state index contributed by atoms with van der Waals surface area (Å²) in [5.74, 6) is -0.489. The van der Waals surface area contributed by atoms with Crippen LogP contribution in [0.25, 0.3) is 10.2 Å². The van der Waals surface area contributed by atoms with Crippen molar-refractivity contribution in [2.24, 2.45) is 0 Å². The standard InChI is InChI=1S/C21H21FN2O2S/c1-13-8-9-14(2)16(11-13)20(25)24(12-15-5-4-10-26-15)21-23-19-17(22)6-3-7-18(19)27-21/h3,6-9,11,15H,4-5,10,12H2,1-2H3. The molecular formula is C21H21FN2O2S. The van der Waals surface area contributed by atoms with E-state index in [1.165, 1.54) is 17.4 Å². The molecule has 0 spiro atoms. The summed E-state index contributed by atoms with van der Waals surface area (Å²) in [6.07, 6.45) is 1.89. The van der Waals surface area contributed by atoms with Gasteiger partial charge in [0.2, 0.25) is 0 Å². The molecule has 2 heterocycles. The number of thiazole rings is 1. The average Bonchev–Trinajstić information content (AvgIpc) is 3.31. The number of hydrogen-bond donors (Lipinski definition) is 0. The molecule has 1 atom stereocenters. The van der Waals surface area contributed by atoms with Crippen LogP contribution >= 0.6 is 11.3 Å². The van der Waals surface area contributed by atoms with Crippen molar-refractivity contribution < 1.29 is 13.9 Å². The fourth-order valence-corrected chi connectivity index (χ4v) is 4.36. The summed E-state index contributed by atoms with van der Waals surface area (Å²) >= 11 is 1.33. The fraction of sp³-hybridized carbons (Fsp3) is 0.333. The normalized spacial score (nSPS) is 16.8. The van der Waals surface area contributed by atoms with E-state index in [4.69, 9.17) is 4.74 Å². The lowest BCUT2D eigenvalue weighted by molar-refractivity contribution is 0.0917. The quantitative estimate of drug-likeness (QED) is 0.644. The first-order chi connectivity index (χ1) is 13.0. The first-order valence-electron chi connectivity index (χ1n) is 9.08. The molecule has 0 aliphatic carbocycles. The third kappa shape index (κ3) is 3.59. The van der Waals surface area contributed by atoms with Crippen molar-refractivity contribution in [2.75, 3.05) is 18.1 Å². The van der Waals surface area contributed by atoms with E-state index in [1.54, 1.807) is 11.0 Å². The van der Waals surface area contributed by atoms with Crippen LogP contribution in [0.2, 0.25) is 0 Å². The number of fused-ring (bicyclic) bond motifs is 1. The molecule has 1 saturated heterocycles. The molecule has 1 aliphatic heterocycles. The van der Waals surface area contributed by atoms with Gasteiger partial charge in [0.15, 0.2) is 5.13 Å². The lowest BCUT2D eigenvalue weighted by Crippen LogP contribution is -2.37. The number of carbonyl (C=O) groups is 1. The molecule has 2 aromatic carbocycles. The Kier molecular flexibility index (Phi) is 4.93. The molecule has 140 valence electrons. The molecule has 1 amide bonds. The molecule has 1 unspecified atom stereocenters. The molecule has 4 nitrogen and oxygen atoms in total. The molecule has 0 saturated carbocycles. The van der Waals surface area contributed by atoms with Gasteiger partial charge in [0.1, 0.15) is 11.3 Å². The summed E-state index contributed by atoms with van der Waals surface area (Å²) in [4.78, 5) is 19.5. The summed E-state index contributed by atoms with van der Waals surface area (Å²) in [5, 5.41) is 0.511. The Morgan fingerprint density at radius 2 is 2.19 bits per heavy atom. The number of rotatable bonds is 4. The molecule has 0 N–H and O–H groups in total. The van der Waals surface area contributed by atoms with Gasteiger partial charge in [-0.25, -0.2) is 9.37 Å². The molecule has 0 bridgehead atoms. The van der Waals surface area contributed by atoms with Gasteiger partial charge in [-0.3, -0.25) is 9.69 Å². The van der Waals surface area contributed by atoms with Gasteiger partial charge in [0, 0.05) is 12.2 Å². The maximum Gasteiger partial charge on any atom is 0.260 e. The minimum Gasteiger partial charge on any atom is -0.376 e. The lowest BCUT2D eigenvalue weighted by atomic mass is 10.0. The van der Waals surface area contributed by atoms with E-state index in [2.05, 4.69) is 4.98 Å². The minimum atomic E-state index is -0.369. The largest absolute Gasteiger partial charge is 0.376 e. The second-order valence-electron chi connectivity index (χ2n) is 6.95. The summed E-state index contributed by atoms with van der Waals surface area (Å²) in [5.41, 5.74) is 2.89. The number of ether oxygens (including phenoxy) is 1. The third-order valence-electron chi connectivity index (χ3n) is 4.87. The van der Waals surface area contributed by atoms with E-state index in [9.17, 15) is 9.18 Å². The number of aromatic nitrogens is 1. The second kappa shape index (κ2) is 7.37. The Morgan fingerprint density at radius 1 is 1.33 bits per heavy atom. The molecule has 1 aromatic heterocycles. The van der Waals surface area contributed by atoms with E-state index < -0.39 is 0 Å². The number of anilines is 1. The highest BCUT2D eigenvalue weighted by Crippen LogP contribution is 2.32. The number of nitrogens with zero attached hydrogens (tertiary/aromatic N) is 2. The van der Waals surface area contributed by atoms with E-state index in [0.29, 0.717) is 29.4 Å². The van der Waals surface area contributed by atoms with Crippen molar-refractivity contribution in [3.63, 3.8) is 0 Å². The van der Waals surface area contributed by atoms with Gasteiger partial charge in [-0.15, -0.1) is 0 Å². The zero-order valence-corrected chi connectivity index (χ0v) is 16.2. The SMILES string of the molecule is Cc1ccc(C)c(C(=O)N(CC2CCCO2)c2nc3c(F)cccc3s2)c1. The lowest BCUT2D eigenvalue weighted by Gasteiger charge is -2.24. The first kappa shape index (κ1) is 18.1. The highest BCUT2D eigenvalue weighted by Gasteiger charge is 2.28. The van der Waals surface area contributed by atoms with Crippen molar-refractivity contribution in [2.45, 2.75) is 32.8 Å². The summed E-state index contributed by atoms with van der Waals surface area (Å²) in [6.45, 7) is 5.03. The van der Waals surface area contributed by atoms with Crippen LogP contribution in [0.15, 0.2) is 36.4 Å². The van der Waals surface area contributed by atoms with Crippen molar-refractivity contribution in [3.05, 3.63) is 58.9 Å². The number of benzene rings is 2. The van der Waals surface area contributed by atoms with E-state index in [0.717, 1.165) is 28.7 Å². The number of halogens is 1. The van der Waals surface area contributed by atoms with Crippen LogP contribution in [0.3, 0.4) is 0 Å². The summed E-state index contributed by atoms with van der Waals surface area (Å²) in [6, 6.07) is 10.7. The van der Waals surface area contributed by atoms with Crippen LogP contribution in [0.1, 0.15) is 34.3 Å². The number of aryl methyl sites for hydroxylation is 2. The van der Waals surface area contributed by atoms with Gasteiger partial charge in [-0.05, 0) is 50.5 Å². The van der Waals surface area contributed by atoms with Gasteiger partial charge in [-0.2, -0.15) is 0 Å². The zero-order valence-electron chi connectivity index (χ0n) is 15.4. The predicted octanol–water partition coefficient (Wildman–Crippen LogP) is 4.88. The van der Waals surface area contributed by atoms with Crippen molar-refractivity contribution in [1.29, 1.82) is 0 Å². The number of para-hydroxylation sites is 1. The van der Waals surface area contributed by atoms with Crippen LogP contribution in [0, 0.1) is 19.7 Å². The molecule has 27 heavy (non-hydrogen) atoms. The van der Waals surface area contributed by atoms with E-state index in [-0.39, 0.29) is 17.8 Å². The highest BCUT2D eigenvalue weighted by atomic mass is 32.1. The highest BCUT2D eigenvalue weighted by molar-refractivity contribution is 7.22. The van der Waals surface area contributed by atoms with Crippen LogP contribution < -0.4 is 4.90 Å².